The smallest absolute Gasteiger partial charge is 0.298 e. The molecule has 4 aromatic rings. The topological polar surface area (TPSA) is 119 Å². The molecule has 212 valence electrons. The number of hydrogen-bond donors (Lipinski definition) is 1. The van der Waals surface area contributed by atoms with E-state index in [1.807, 2.05) is 31.2 Å². The number of aryl methyl sites for hydroxylation is 1. The minimum Gasteiger partial charge on any atom is -0.490 e. The molecule has 0 radical (unpaired) electrons. The van der Waals surface area contributed by atoms with Gasteiger partial charge in [0.2, 0.25) is 5.95 Å². The molecule has 0 atom stereocenters. The minimum atomic E-state index is -0.401. The number of carbonyl (C=O) groups excluding carboxylic acids is 1. The molecule has 0 unspecified atom stereocenters. The van der Waals surface area contributed by atoms with Gasteiger partial charge in [-0.15, -0.1) is 0 Å². The largest absolute Gasteiger partial charge is 0.490 e. The van der Waals surface area contributed by atoms with Gasteiger partial charge in [-0.25, -0.2) is 4.98 Å². The van der Waals surface area contributed by atoms with Crippen LogP contribution in [0.4, 0.5) is 11.6 Å². The standard InChI is InChI=1S/C30H33N7O4/c1-5-26-22(18-32-41-26)19-37-28-21(16-20(29(37)39)6-11-27(38)35(2)3)17-31-30(34-28)33-23-7-9-24(10-8-23)40-25-12-14-36(4)15-13-25/h7-10,16-18,25H,5,12-15,19H2,1-4H3,(H,31,33,34). The van der Waals surface area contributed by atoms with Crippen LogP contribution in [0.1, 0.15) is 36.7 Å². The van der Waals surface area contributed by atoms with Crippen molar-refractivity contribution in [3.8, 4) is 17.6 Å². The predicted molar refractivity (Wildman–Crippen MR) is 155 cm³/mol. The van der Waals surface area contributed by atoms with Crippen LogP contribution < -0.4 is 15.6 Å². The molecule has 11 heteroatoms. The predicted octanol–water partition coefficient (Wildman–Crippen LogP) is 3.05. The summed E-state index contributed by atoms with van der Waals surface area (Å²) in [5, 5.41) is 7.72. The maximum atomic E-state index is 13.6. The van der Waals surface area contributed by atoms with Crippen LogP contribution in [-0.2, 0) is 17.8 Å². The Balaban J connectivity index is 1.44. The monoisotopic (exact) mass is 555 g/mol. The zero-order chi connectivity index (χ0) is 28.9. The van der Waals surface area contributed by atoms with E-state index in [2.05, 4.69) is 44.2 Å². The molecule has 41 heavy (non-hydrogen) atoms. The highest BCUT2D eigenvalue weighted by molar-refractivity contribution is 5.94. The van der Waals surface area contributed by atoms with Gasteiger partial charge in [0.1, 0.15) is 23.3 Å². The van der Waals surface area contributed by atoms with Gasteiger partial charge in [0.25, 0.3) is 11.5 Å². The first-order valence-corrected chi connectivity index (χ1v) is 13.6. The number of pyridine rings is 1. The maximum absolute atomic E-state index is 13.6. The first kappa shape index (κ1) is 27.9. The van der Waals surface area contributed by atoms with E-state index in [4.69, 9.17) is 9.26 Å². The number of nitrogens with zero attached hydrogens (tertiary/aromatic N) is 6. The molecule has 0 aliphatic carbocycles. The molecule has 11 nitrogen and oxygen atoms in total. The van der Waals surface area contributed by atoms with E-state index in [-0.39, 0.29) is 23.8 Å². The van der Waals surface area contributed by atoms with E-state index in [9.17, 15) is 9.59 Å². The number of benzene rings is 1. The van der Waals surface area contributed by atoms with Gasteiger partial charge in [0.15, 0.2) is 0 Å². The van der Waals surface area contributed by atoms with Crippen LogP contribution in [0.2, 0.25) is 0 Å². The van der Waals surface area contributed by atoms with E-state index >= 15 is 0 Å². The summed E-state index contributed by atoms with van der Waals surface area (Å²) in [5.41, 5.74) is 1.76. The average molecular weight is 556 g/mol. The quantitative estimate of drug-likeness (QED) is 0.343. The number of likely N-dealkylation sites (tertiary alicyclic amines) is 1. The van der Waals surface area contributed by atoms with E-state index in [0.29, 0.717) is 29.2 Å². The third-order valence-electron chi connectivity index (χ3n) is 7.00. The minimum absolute atomic E-state index is 0.173. The molecule has 3 aromatic heterocycles. The number of hydrogen-bond acceptors (Lipinski definition) is 9. The maximum Gasteiger partial charge on any atom is 0.298 e. The fourth-order valence-corrected chi connectivity index (χ4v) is 4.60. The summed E-state index contributed by atoms with van der Waals surface area (Å²) in [6, 6.07) is 9.29. The number of anilines is 2. The number of ether oxygens (including phenoxy) is 1. The lowest BCUT2D eigenvalue weighted by Crippen LogP contribution is -2.35. The molecule has 1 N–H and O–H groups in total. The molecule has 0 spiro atoms. The van der Waals surface area contributed by atoms with E-state index in [0.717, 1.165) is 42.9 Å². The molecule has 1 amide bonds. The van der Waals surface area contributed by atoms with Gasteiger partial charge < -0.3 is 24.4 Å². The summed E-state index contributed by atoms with van der Waals surface area (Å²) in [5.74, 6) is 6.67. The van der Waals surface area contributed by atoms with Crippen LogP contribution in [0.5, 0.6) is 5.75 Å². The van der Waals surface area contributed by atoms with Crippen molar-refractivity contribution in [1.82, 2.24) is 29.5 Å². The highest BCUT2D eigenvalue weighted by Crippen LogP contribution is 2.23. The second kappa shape index (κ2) is 12.2. The Labute approximate surface area is 238 Å². The van der Waals surface area contributed by atoms with Gasteiger partial charge in [-0.05, 0) is 50.2 Å². The van der Waals surface area contributed by atoms with Crippen molar-refractivity contribution in [3.63, 3.8) is 0 Å². The van der Waals surface area contributed by atoms with E-state index in [1.165, 1.54) is 9.47 Å². The summed E-state index contributed by atoms with van der Waals surface area (Å²) in [4.78, 5) is 38.4. The number of amides is 1. The summed E-state index contributed by atoms with van der Waals surface area (Å²) in [6.45, 7) is 4.20. The highest BCUT2D eigenvalue weighted by Gasteiger charge is 2.18. The molecule has 0 saturated carbocycles. The van der Waals surface area contributed by atoms with Crippen molar-refractivity contribution in [3.05, 3.63) is 70.0 Å². The summed E-state index contributed by atoms with van der Waals surface area (Å²) < 4.78 is 13.0. The Hall–Kier alpha value is -4.69. The first-order valence-electron chi connectivity index (χ1n) is 13.6. The van der Waals surface area contributed by atoms with Crippen molar-refractivity contribution >= 4 is 28.6 Å². The number of carbonyl (C=O) groups is 1. The third-order valence-corrected chi connectivity index (χ3v) is 7.00. The van der Waals surface area contributed by atoms with Gasteiger partial charge in [0, 0.05) is 62.4 Å². The number of aromatic nitrogens is 4. The molecule has 1 saturated heterocycles. The van der Waals surface area contributed by atoms with E-state index in [1.54, 1.807) is 32.6 Å². The Kier molecular flexibility index (Phi) is 8.31. The Bertz CT molecular complexity index is 1660. The molecule has 1 aliphatic rings. The van der Waals surface area contributed by atoms with Crippen molar-refractivity contribution < 1.29 is 14.1 Å². The van der Waals surface area contributed by atoms with Gasteiger partial charge in [0.05, 0.1) is 18.3 Å². The Morgan fingerprint density at radius 2 is 1.95 bits per heavy atom. The second-order valence-electron chi connectivity index (χ2n) is 10.3. The molecule has 5 rings (SSSR count). The second-order valence-corrected chi connectivity index (χ2v) is 10.3. The van der Waals surface area contributed by atoms with Crippen molar-refractivity contribution in [2.45, 2.75) is 38.8 Å². The zero-order valence-corrected chi connectivity index (χ0v) is 23.7. The molecule has 4 heterocycles. The zero-order valence-electron chi connectivity index (χ0n) is 23.7. The van der Waals surface area contributed by atoms with Gasteiger partial charge in [-0.1, -0.05) is 18.0 Å². The van der Waals surface area contributed by atoms with Gasteiger partial charge >= 0.3 is 0 Å². The molecule has 1 aromatic carbocycles. The highest BCUT2D eigenvalue weighted by atomic mass is 16.5. The Morgan fingerprint density at radius 3 is 2.66 bits per heavy atom. The number of piperidine rings is 1. The fraction of sp³-hybridized carbons (Fsp3) is 0.367. The molecular weight excluding hydrogens is 522 g/mol. The summed E-state index contributed by atoms with van der Waals surface area (Å²) in [7, 11) is 5.34. The Morgan fingerprint density at radius 1 is 1.20 bits per heavy atom. The van der Waals surface area contributed by atoms with Gasteiger partial charge in [-0.2, -0.15) is 4.98 Å². The lowest BCUT2D eigenvalue weighted by atomic mass is 10.1. The summed E-state index contributed by atoms with van der Waals surface area (Å²) in [6.07, 6.45) is 6.10. The van der Waals surface area contributed by atoms with Crippen LogP contribution in [0.25, 0.3) is 11.0 Å². The first-order chi connectivity index (χ1) is 19.8. The fourth-order valence-electron chi connectivity index (χ4n) is 4.60. The van der Waals surface area contributed by atoms with Crippen molar-refractivity contribution in [2.75, 3.05) is 39.5 Å². The van der Waals surface area contributed by atoms with Crippen LogP contribution in [0, 0.1) is 11.8 Å². The number of nitrogens with one attached hydrogen (secondary N) is 1. The number of rotatable bonds is 7. The van der Waals surface area contributed by atoms with Crippen LogP contribution >= 0.6 is 0 Å². The van der Waals surface area contributed by atoms with Crippen LogP contribution in [0.15, 0.2) is 52.0 Å². The van der Waals surface area contributed by atoms with Crippen molar-refractivity contribution in [1.29, 1.82) is 0 Å². The normalized spacial score (nSPS) is 14.0. The SMILES string of the molecule is CCc1oncc1Cn1c(=O)c(C#CC(=O)N(C)C)cc2cnc(Nc3ccc(OC4CCN(C)CC4)cc3)nc21. The van der Waals surface area contributed by atoms with Crippen LogP contribution in [-0.4, -0.2) is 75.7 Å². The molecule has 1 fully saturated rings. The average Bonchev–Trinajstić information content (AvgIpc) is 3.43. The van der Waals surface area contributed by atoms with Gasteiger partial charge in [-0.3, -0.25) is 14.2 Å². The molecular formula is C30H33N7O4. The molecule has 1 aliphatic heterocycles. The molecule has 0 bridgehead atoms. The lowest BCUT2D eigenvalue weighted by Gasteiger charge is -2.29. The number of fused-ring (bicyclic) bond motifs is 1. The van der Waals surface area contributed by atoms with E-state index < -0.39 is 5.91 Å². The lowest BCUT2D eigenvalue weighted by molar-refractivity contribution is -0.122. The van der Waals surface area contributed by atoms with Crippen LogP contribution in [0.3, 0.4) is 0 Å². The summed E-state index contributed by atoms with van der Waals surface area (Å²) >= 11 is 0. The third kappa shape index (κ3) is 6.56. The van der Waals surface area contributed by atoms with Crippen molar-refractivity contribution in [2.24, 2.45) is 0 Å².